The van der Waals surface area contributed by atoms with Crippen LogP contribution in [0.25, 0.3) is 11.0 Å². The minimum absolute atomic E-state index is 0.0289. The van der Waals surface area contributed by atoms with E-state index < -0.39 is 10.0 Å². The zero-order valence-corrected chi connectivity index (χ0v) is 18.0. The van der Waals surface area contributed by atoms with Crippen molar-refractivity contribution < 1.29 is 13.5 Å². The van der Waals surface area contributed by atoms with Crippen LogP contribution in [0.15, 0.2) is 28.9 Å². The van der Waals surface area contributed by atoms with Crippen molar-refractivity contribution in [2.45, 2.75) is 12.3 Å². The minimum Gasteiger partial charge on any atom is -0.395 e. The lowest BCUT2D eigenvalue weighted by atomic mass is 10.1. The van der Waals surface area contributed by atoms with Crippen molar-refractivity contribution in [3.63, 3.8) is 0 Å². The predicted octanol–water partition coefficient (Wildman–Crippen LogP) is 1.63. The number of nitrogen functional groups attached to an aromatic ring is 1. The molecule has 0 aliphatic carbocycles. The van der Waals surface area contributed by atoms with Crippen LogP contribution in [0, 0.1) is 0 Å². The average molecular weight is 490 g/mol. The summed E-state index contributed by atoms with van der Waals surface area (Å²) in [7, 11) is -2.12. The van der Waals surface area contributed by atoms with E-state index in [-0.39, 0.29) is 30.0 Å². The topological polar surface area (TPSA) is 127 Å². The van der Waals surface area contributed by atoms with Crippen molar-refractivity contribution in [1.82, 2.24) is 24.1 Å². The molecular formula is C16H18BrClN6O3S. The zero-order chi connectivity index (χ0) is 20.5. The third kappa shape index (κ3) is 4.44. The highest BCUT2D eigenvalue weighted by Crippen LogP contribution is 2.24. The summed E-state index contributed by atoms with van der Waals surface area (Å²) in [5.41, 5.74) is 7.78. The Morgan fingerprint density at radius 1 is 1.36 bits per heavy atom. The van der Waals surface area contributed by atoms with Gasteiger partial charge in [0.05, 0.1) is 30.5 Å². The van der Waals surface area contributed by atoms with Gasteiger partial charge in [0, 0.05) is 18.1 Å². The number of likely N-dealkylation sites (N-methyl/N-ethyl adjacent to an activating group) is 1. The number of anilines is 1. The van der Waals surface area contributed by atoms with Crippen molar-refractivity contribution in [2.75, 3.05) is 25.9 Å². The van der Waals surface area contributed by atoms with Crippen LogP contribution < -0.4 is 5.73 Å². The first-order valence-corrected chi connectivity index (χ1v) is 11.0. The summed E-state index contributed by atoms with van der Waals surface area (Å²) >= 11 is 9.29. The monoisotopic (exact) mass is 488 g/mol. The summed E-state index contributed by atoms with van der Waals surface area (Å²) in [5.74, 6) is 0.0504. The lowest BCUT2D eigenvalue weighted by Crippen LogP contribution is -2.30. The molecule has 1 aromatic carbocycles. The number of fused-ring (bicyclic) bond motifs is 1. The van der Waals surface area contributed by atoms with E-state index in [0.717, 1.165) is 9.87 Å². The molecular weight excluding hydrogens is 472 g/mol. The number of aromatic nitrogens is 4. The fraction of sp³-hybridized carbons (Fsp3) is 0.312. The number of hydrogen-bond donors (Lipinski definition) is 2. The van der Waals surface area contributed by atoms with Gasteiger partial charge in [0.1, 0.15) is 5.82 Å². The van der Waals surface area contributed by atoms with Gasteiger partial charge in [0.2, 0.25) is 15.3 Å². The van der Waals surface area contributed by atoms with Gasteiger partial charge in [-0.1, -0.05) is 28.1 Å². The maximum Gasteiger partial charge on any atom is 0.226 e. The minimum atomic E-state index is -3.56. The molecule has 12 heteroatoms. The van der Waals surface area contributed by atoms with E-state index in [4.69, 9.17) is 22.4 Å². The number of aliphatic hydroxyl groups excluding tert-OH is 1. The molecule has 2 heterocycles. The van der Waals surface area contributed by atoms with Gasteiger partial charge in [-0.15, -0.1) is 0 Å². The molecule has 9 nitrogen and oxygen atoms in total. The highest BCUT2D eigenvalue weighted by Gasteiger charge is 2.20. The van der Waals surface area contributed by atoms with E-state index in [1.165, 1.54) is 7.05 Å². The molecule has 3 N–H and O–H groups in total. The van der Waals surface area contributed by atoms with Gasteiger partial charge in [0.25, 0.3) is 0 Å². The molecule has 3 rings (SSSR count). The Bertz CT molecular complexity index is 1120. The van der Waals surface area contributed by atoms with Gasteiger partial charge in [-0.05, 0) is 28.8 Å². The largest absolute Gasteiger partial charge is 0.395 e. The molecule has 0 saturated carbocycles. The van der Waals surface area contributed by atoms with Gasteiger partial charge < -0.3 is 10.8 Å². The second-order valence-corrected chi connectivity index (χ2v) is 9.41. The van der Waals surface area contributed by atoms with Crippen LogP contribution in [0.1, 0.15) is 11.1 Å². The molecule has 0 aliphatic heterocycles. The summed E-state index contributed by atoms with van der Waals surface area (Å²) in [5, 5.41) is 13.9. The second-order valence-electron chi connectivity index (χ2n) is 6.14. The van der Waals surface area contributed by atoms with Crippen LogP contribution in [0.5, 0.6) is 0 Å². The van der Waals surface area contributed by atoms with Crippen LogP contribution >= 0.6 is 27.5 Å². The first-order chi connectivity index (χ1) is 13.2. The van der Waals surface area contributed by atoms with Gasteiger partial charge in [-0.25, -0.2) is 22.4 Å². The Morgan fingerprint density at radius 2 is 2.11 bits per heavy atom. The fourth-order valence-electron chi connectivity index (χ4n) is 2.66. The maximum atomic E-state index is 12.5. The van der Waals surface area contributed by atoms with E-state index in [2.05, 4.69) is 31.0 Å². The predicted molar refractivity (Wildman–Crippen MR) is 110 cm³/mol. The van der Waals surface area contributed by atoms with Crippen LogP contribution in [0.4, 0.5) is 5.82 Å². The van der Waals surface area contributed by atoms with Crippen molar-refractivity contribution >= 4 is 54.4 Å². The van der Waals surface area contributed by atoms with Crippen LogP contribution in [-0.4, -0.2) is 57.8 Å². The summed E-state index contributed by atoms with van der Waals surface area (Å²) in [6.45, 7) is 0.154. The molecule has 0 unspecified atom stereocenters. The number of benzene rings is 1. The molecule has 28 heavy (non-hydrogen) atoms. The molecule has 150 valence electrons. The summed E-state index contributed by atoms with van der Waals surface area (Å²) in [6, 6.07) is 5.43. The van der Waals surface area contributed by atoms with Crippen molar-refractivity contribution in [3.05, 3.63) is 45.3 Å². The van der Waals surface area contributed by atoms with Crippen molar-refractivity contribution in [1.29, 1.82) is 0 Å². The zero-order valence-electron chi connectivity index (χ0n) is 14.9. The summed E-state index contributed by atoms with van der Waals surface area (Å²) in [4.78, 5) is 8.08. The first-order valence-electron chi connectivity index (χ1n) is 8.18. The fourth-order valence-corrected chi connectivity index (χ4v) is 4.62. The molecule has 0 fully saturated rings. The number of rotatable bonds is 7. The molecule has 0 amide bonds. The Kier molecular flexibility index (Phi) is 6.20. The Hall–Kier alpha value is -1.79. The quantitative estimate of drug-likeness (QED) is 0.483. The summed E-state index contributed by atoms with van der Waals surface area (Å²) < 4.78 is 28.3. The Labute approximate surface area is 175 Å². The standard InChI is InChI=1S/C16H18BrClN6O3S/c1-23(4-5-25)28(26,27)9-11-6-10(2-3-13(11)17)8-24-15-12(7-20-24)14(19)21-16(18)22-15/h2-3,6-7,25H,4-5,8-9H2,1H3,(H2,19,21,22). The number of halogens is 2. The van der Waals surface area contributed by atoms with E-state index in [1.54, 1.807) is 23.0 Å². The van der Waals surface area contributed by atoms with Crippen molar-refractivity contribution in [3.8, 4) is 0 Å². The molecule has 3 aromatic rings. The number of nitrogens with zero attached hydrogens (tertiary/aromatic N) is 5. The molecule has 0 aliphatic rings. The molecule has 0 spiro atoms. The second kappa shape index (κ2) is 8.29. The van der Waals surface area contributed by atoms with Gasteiger partial charge in [-0.3, -0.25) is 0 Å². The van der Waals surface area contributed by atoms with Crippen LogP contribution in [0.2, 0.25) is 5.28 Å². The molecule has 0 saturated heterocycles. The van der Waals surface area contributed by atoms with Crippen LogP contribution in [-0.2, 0) is 22.3 Å². The number of hydrogen-bond acceptors (Lipinski definition) is 7. The van der Waals surface area contributed by atoms with E-state index in [1.807, 2.05) is 6.07 Å². The number of sulfonamides is 1. The highest BCUT2D eigenvalue weighted by atomic mass is 79.9. The molecule has 0 radical (unpaired) electrons. The van der Waals surface area contributed by atoms with Gasteiger partial charge in [0.15, 0.2) is 5.65 Å². The van der Waals surface area contributed by atoms with Crippen LogP contribution in [0.3, 0.4) is 0 Å². The Morgan fingerprint density at radius 3 is 2.82 bits per heavy atom. The summed E-state index contributed by atoms with van der Waals surface area (Å²) in [6.07, 6.45) is 1.56. The maximum absolute atomic E-state index is 12.5. The van der Waals surface area contributed by atoms with Gasteiger partial charge >= 0.3 is 0 Å². The third-order valence-electron chi connectivity index (χ3n) is 4.17. The smallest absolute Gasteiger partial charge is 0.226 e. The van der Waals surface area contributed by atoms with E-state index in [9.17, 15) is 8.42 Å². The first kappa shape index (κ1) is 20.9. The molecule has 0 bridgehead atoms. The third-order valence-corrected chi connectivity index (χ3v) is 6.92. The number of aliphatic hydroxyl groups is 1. The normalized spacial score (nSPS) is 12.2. The lowest BCUT2D eigenvalue weighted by molar-refractivity contribution is 0.266. The lowest BCUT2D eigenvalue weighted by Gasteiger charge is -2.17. The van der Waals surface area contributed by atoms with Crippen molar-refractivity contribution in [2.24, 2.45) is 0 Å². The Balaban J connectivity index is 1.90. The molecule has 2 aromatic heterocycles. The van der Waals surface area contributed by atoms with E-state index >= 15 is 0 Å². The highest BCUT2D eigenvalue weighted by molar-refractivity contribution is 9.10. The molecule has 0 atom stereocenters. The number of nitrogens with two attached hydrogens (primary N) is 1. The SMILES string of the molecule is CN(CCO)S(=O)(=O)Cc1cc(Cn2ncc3c(N)nc(Cl)nc32)ccc1Br. The van der Waals surface area contributed by atoms with Gasteiger partial charge in [-0.2, -0.15) is 10.1 Å². The van der Waals surface area contributed by atoms with E-state index in [0.29, 0.717) is 27.6 Å². The average Bonchev–Trinajstić information content (AvgIpc) is 3.01.